The molecule has 0 radical (unpaired) electrons. The van der Waals surface area contributed by atoms with Gasteiger partial charge in [0.25, 0.3) is 0 Å². The van der Waals surface area contributed by atoms with Crippen molar-refractivity contribution in [2.45, 2.75) is 25.9 Å². The molecule has 2 rings (SSSR count). The number of nitrogens with two attached hydrogens (primary N) is 1. The van der Waals surface area contributed by atoms with Gasteiger partial charge in [-0.25, -0.2) is 4.79 Å². The van der Waals surface area contributed by atoms with Crippen LogP contribution in [0.5, 0.6) is 0 Å². The molecule has 1 aliphatic heterocycles. The first-order valence-corrected chi connectivity index (χ1v) is 6.75. The summed E-state index contributed by atoms with van der Waals surface area (Å²) in [6.07, 6.45) is 1.06. The summed E-state index contributed by atoms with van der Waals surface area (Å²) in [5, 5.41) is 0. The van der Waals surface area contributed by atoms with E-state index in [1.807, 2.05) is 24.3 Å². The Balaban J connectivity index is 1.94. The average Bonchev–Trinajstić information content (AvgIpc) is 2.43. The summed E-state index contributed by atoms with van der Waals surface area (Å²) < 4.78 is 4.69. The Morgan fingerprint density at radius 1 is 1.42 bits per heavy atom. The summed E-state index contributed by atoms with van der Waals surface area (Å²) in [7, 11) is 1.40. The molecule has 4 heteroatoms. The van der Waals surface area contributed by atoms with Gasteiger partial charge in [-0.15, -0.1) is 0 Å². The Hall–Kier alpha value is -1.39. The van der Waals surface area contributed by atoms with Crippen LogP contribution in [0.3, 0.4) is 0 Å². The smallest absolute Gasteiger partial charge is 0.337 e. The van der Waals surface area contributed by atoms with Crippen molar-refractivity contribution in [1.29, 1.82) is 0 Å². The average molecular weight is 262 g/mol. The lowest BCUT2D eigenvalue weighted by molar-refractivity contribution is 0.0600. The van der Waals surface area contributed by atoms with Crippen LogP contribution >= 0.6 is 0 Å². The van der Waals surface area contributed by atoms with E-state index in [2.05, 4.69) is 16.6 Å². The van der Waals surface area contributed by atoms with Crippen LogP contribution in [-0.2, 0) is 11.3 Å². The first kappa shape index (κ1) is 14.0. The van der Waals surface area contributed by atoms with E-state index in [0.717, 1.165) is 26.1 Å². The number of benzene rings is 1. The zero-order valence-electron chi connectivity index (χ0n) is 11.6. The highest BCUT2D eigenvalue weighted by Gasteiger charge is 2.22. The quantitative estimate of drug-likeness (QED) is 0.841. The number of carbonyl (C=O) groups excluding carboxylic acids is 1. The molecule has 1 fully saturated rings. The number of rotatable bonds is 3. The second kappa shape index (κ2) is 6.17. The SMILES string of the molecule is COC(=O)c1ccc(CN2CCC(N)C(C)C2)cc1. The third-order valence-corrected chi connectivity index (χ3v) is 3.84. The molecule has 1 aromatic carbocycles. The van der Waals surface area contributed by atoms with Gasteiger partial charge in [-0.1, -0.05) is 19.1 Å². The molecule has 2 N–H and O–H groups in total. The maximum absolute atomic E-state index is 11.3. The predicted molar refractivity (Wildman–Crippen MR) is 74.8 cm³/mol. The summed E-state index contributed by atoms with van der Waals surface area (Å²) in [4.78, 5) is 13.8. The molecule has 0 spiro atoms. The van der Waals surface area contributed by atoms with Crippen LogP contribution in [0.1, 0.15) is 29.3 Å². The standard InChI is InChI=1S/C15H22N2O2/c1-11-9-17(8-7-14(11)16)10-12-3-5-13(6-4-12)15(18)19-2/h3-6,11,14H,7-10,16H2,1-2H3. The Morgan fingerprint density at radius 3 is 2.68 bits per heavy atom. The van der Waals surface area contributed by atoms with E-state index in [4.69, 9.17) is 5.73 Å². The zero-order chi connectivity index (χ0) is 13.8. The fourth-order valence-electron chi connectivity index (χ4n) is 2.52. The highest BCUT2D eigenvalue weighted by Crippen LogP contribution is 2.17. The minimum atomic E-state index is -0.288. The second-order valence-corrected chi connectivity index (χ2v) is 5.35. The molecule has 1 saturated heterocycles. The van der Waals surface area contributed by atoms with Crippen molar-refractivity contribution in [3.8, 4) is 0 Å². The number of methoxy groups -OCH3 is 1. The molecule has 0 amide bonds. The van der Waals surface area contributed by atoms with Crippen molar-refractivity contribution >= 4 is 5.97 Å². The van der Waals surface area contributed by atoms with Crippen LogP contribution in [0.4, 0.5) is 0 Å². The highest BCUT2D eigenvalue weighted by molar-refractivity contribution is 5.89. The number of ether oxygens (including phenoxy) is 1. The maximum atomic E-state index is 11.3. The summed E-state index contributed by atoms with van der Waals surface area (Å²) >= 11 is 0. The minimum Gasteiger partial charge on any atom is -0.465 e. The third-order valence-electron chi connectivity index (χ3n) is 3.84. The summed E-state index contributed by atoms with van der Waals surface area (Å²) in [6, 6.07) is 7.95. The molecule has 0 saturated carbocycles. The van der Waals surface area contributed by atoms with E-state index in [0.29, 0.717) is 17.5 Å². The molecule has 0 aromatic heterocycles. The van der Waals surface area contributed by atoms with Crippen LogP contribution in [0.25, 0.3) is 0 Å². The van der Waals surface area contributed by atoms with Gasteiger partial charge in [0.2, 0.25) is 0 Å². The Morgan fingerprint density at radius 2 is 2.11 bits per heavy atom. The molecular formula is C15H22N2O2. The van der Waals surface area contributed by atoms with Crippen LogP contribution in [0, 0.1) is 5.92 Å². The number of hydrogen-bond acceptors (Lipinski definition) is 4. The highest BCUT2D eigenvalue weighted by atomic mass is 16.5. The van der Waals surface area contributed by atoms with Crippen LogP contribution in [-0.4, -0.2) is 37.1 Å². The van der Waals surface area contributed by atoms with E-state index in [9.17, 15) is 4.79 Å². The summed E-state index contributed by atoms with van der Waals surface area (Å²) in [5.41, 5.74) is 7.84. The van der Waals surface area contributed by atoms with Crippen molar-refractivity contribution in [2.75, 3.05) is 20.2 Å². The number of likely N-dealkylation sites (tertiary alicyclic amines) is 1. The molecule has 4 nitrogen and oxygen atoms in total. The van der Waals surface area contributed by atoms with E-state index in [1.165, 1.54) is 12.7 Å². The molecule has 1 aliphatic rings. The molecular weight excluding hydrogens is 240 g/mol. The van der Waals surface area contributed by atoms with Gasteiger partial charge in [-0.3, -0.25) is 4.90 Å². The molecule has 2 unspecified atom stereocenters. The van der Waals surface area contributed by atoms with E-state index < -0.39 is 0 Å². The molecule has 1 aromatic rings. The van der Waals surface area contributed by atoms with Crippen molar-refractivity contribution in [2.24, 2.45) is 11.7 Å². The van der Waals surface area contributed by atoms with Gasteiger partial charge < -0.3 is 10.5 Å². The lowest BCUT2D eigenvalue weighted by atomic mass is 9.94. The normalized spacial score (nSPS) is 24.2. The van der Waals surface area contributed by atoms with Crippen LogP contribution in [0.2, 0.25) is 0 Å². The lowest BCUT2D eigenvalue weighted by Gasteiger charge is -2.35. The number of piperidine rings is 1. The van der Waals surface area contributed by atoms with Gasteiger partial charge in [0.15, 0.2) is 0 Å². The molecule has 19 heavy (non-hydrogen) atoms. The maximum Gasteiger partial charge on any atom is 0.337 e. The van der Waals surface area contributed by atoms with Crippen molar-refractivity contribution in [1.82, 2.24) is 4.90 Å². The number of carbonyl (C=O) groups is 1. The molecule has 1 heterocycles. The Bertz CT molecular complexity index is 430. The van der Waals surface area contributed by atoms with Crippen molar-refractivity contribution in [3.63, 3.8) is 0 Å². The van der Waals surface area contributed by atoms with Crippen molar-refractivity contribution in [3.05, 3.63) is 35.4 Å². The molecule has 104 valence electrons. The zero-order valence-corrected chi connectivity index (χ0v) is 11.6. The number of nitrogens with zero attached hydrogens (tertiary/aromatic N) is 1. The number of esters is 1. The van der Waals surface area contributed by atoms with Gasteiger partial charge in [0, 0.05) is 19.1 Å². The lowest BCUT2D eigenvalue weighted by Crippen LogP contribution is -2.45. The van der Waals surface area contributed by atoms with Crippen molar-refractivity contribution < 1.29 is 9.53 Å². The monoisotopic (exact) mass is 262 g/mol. The third kappa shape index (κ3) is 3.55. The molecule has 2 atom stereocenters. The minimum absolute atomic E-state index is 0.288. The fraction of sp³-hybridized carbons (Fsp3) is 0.533. The summed E-state index contributed by atoms with van der Waals surface area (Å²) in [6.45, 7) is 5.21. The number of hydrogen-bond donors (Lipinski definition) is 1. The summed E-state index contributed by atoms with van der Waals surface area (Å²) in [5.74, 6) is 0.257. The van der Waals surface area contributed by atoms with Gasteiger partial charge in [-0.05, 0) is 36.6 Å². The first-order chi connectivity index (χ1) is 9.10. The largest absolute Gasteiger partial charge is 0.465 e. The topological polar surface area (TPSA) is 55.6 Å². The van der Waals surface area contributed by atoms with Crippen LogP contribution in [0.15, 0.2) is 24.3 Å². The van der Waals surface area contributed by atoms with E-state index in [-0.39, 0.29) is 5.97 Å². The van der Waals surface area contributed by atoms with Gasteiger partial charge in [0.1, 0.15) is 0 Å². The second-order valence-electron chi connectivity index (χ2n) is 5.35. The van der Waals surface area contributed by atoms with Gasteiger partial charge >= 0.3 is 5.97 Å². The molecule has 0 bridgehead atoms. The van der Waals surface area contributed by atoms with Gasteiger partial charge in [0.05, 0.1) is 12.7 Å². The van der Waals surface area contributed by atoms with E-state index in [1.54, 1.807) is 0 Å². The Kier molecular flexibility index (Phi) is 4.56. The Labute approximate surface area is 114 Å². The van der Waals surface area contributed by atoms with Crippen LogP contribution < -0.4 is 5.73 Å². The van der Waals surface area contributed by atoms with Gasteiger partial charge in [-0.2, -0.15) is 0 Å². The molecule has 0 aliphatic carbocycles. The predicted octanol–water partition coefficient (Wildman–Crippen LogP) is 1.64. The van der Waals surface area contributed by atoms with E-state index >= 15 is 0 Å². The first-order valence-electron chi connectivity index (χ1n) is 6.75. The fourth-order valence-corrected chi connectivity index (χ4v) is 2.52.